The number of hydrogen-bond acceptors (Lipinski definition) is 3. The fourth-order valence-electron chi connectivity index (χ4n) is 1.17. The van der Waals surface area contributed by atoms with Crippen molar-refractivity contribution < 1.29 is 31.9 Å². The molecule has 0 aromatic heterocycles. The molecule has 0 saturated carbocycles. The van der Waals surface area contributed by atoms with Crippen LogP contribution in [0.25, 0.3) is 0 Å². The average Bonchev–Trinajstić information content (AvgIpc) is 2.30. The van der Waals surface area contributed by atoms with E-state index in [4.69, 9.17) is 0 Å². The monoisotopic (exact) mass is 279 g/mol. The predicted octanol–water partition coefficient (Wildman–Crippen LogP) is 2.35. The summed E-state index contributed by atoms with van der Waals surface area (Å²) < 4.78 is 54.7. The molecule has 1 aromatic rings. The van der Waals surface area contributed by atoms with Crippen LogP contribution in [0, 0.1) is 5.82 Å². The highest BCUT2D eigenvalue weighted by atomic mass is 19.4. The Hall–Kier alpha value is -2.12. The summed E-state index contributed by atoms with van der Waals surface area (Å²) in [6, 6.07) is 1.46. The van der Waals surface area contributed by atoms with Gasteiger partial charge in [-0.05, 0) is 25.1 Å². The standard InChI is InChI=1S/C11H9F4NO3/c1-2-19-10(18)9(17)16-8-5-6(11(13,14)15)3-4-7(8)12/h3-5H,2H2,1H3,(H,16,17). The van der Waals surface area contributed by atoms with E-state index in [0.29, 0.717) is 18.2 Å². The van der Waals surface area contributed by atoms with Crippen molar-refractivity contribution in [1.82, 2.24) is 0 Å². The second-order valence-corrected chi connectivity index (χ2v) is 3.37. The van der Waals surface area contributed by atoms with Crippen molar-refractivity contribution in [3.8, 4) is 0 Å². The van der Waals surface area contributed by atoms with Gasteiger partial charge in [0.05, 0.1) is 17.9 Å². The predicted molar refractivity (Wildman–Crippen MR) is 56.7 cm³/mol. The van der Waals surface area contributed by atoms with E-state index in [0.717, 1.165) is 0 Å². The Balaban J connectivity index is 2.95. The number of esters is 1. The van der Waals surface area contributed by atoms with Gasteiger partial charge in [-0.2, -0.15) is 13.2 Å². The van der Waals surface area contributed by atoms with E-state index >= 15 is 0 Å². The van der Waals surface area contributed by atoms with Crippen molar-refractivity contribution in [2.75, 3.05) is 11.9 Å². The van der Waals surface area contributed by atoms with Crippen LogP contribution < -0.4 is 5.32 Å². The van der Waals surface area contributed by atoms with Crippen LogP contribution in [0.3, 0.4) is 0 Å². The molecule has 0 saturated heterocycles. The van der Waals surface area contributed by atoms with E-state index in [1.165, 1.54) is 6.92 Å². The van der Waals surface area contributed by atoms with Gasteiger partial charge >= 0.3 is 18.1 Å². The lowest BCUT2D eigenvalue weighted by Crippen LogP contribution is -2.25. The summed E-state index contributed by atoms with van der Waals surface area (Å²) in [4.78, 5) is 22.1. The molecule has 1 amide bonds. The first kappa shape index (κ1) is 14.9. The van der Waals surface area contributed by atoms with Gasteiger partial charge in [0.25, 0.3) is 0 Å². The molecule has 0 radical (unpaired) electrons. The van der Waals surface area contributed by atoms with E-state index in [2.05, 4.69) is 4.74 Å². The molecule has 0 atom stereocenters. The van der Waals surface area contributed by atoms with Crippen LogP contribution in [0.1, 0.15) is 12.5 Å². The summed E-state index contributed by atoms with van der Waals surface area (Å²) in [6.07, 6.45) is -4.68. The molecule has 19 heavy (non-hydrogen) atoms. The maximum absolute atomic E-state index is 13.2. The number of carbonyl (C=O) groups is 2. The topological polar surface area (TPSA) is 55.4 Å². The van der Waals surface area contributed by atoms with Gasteiger partial charge in [0.1, 0.15) is 5.82 Å². The molecule has 4 nitrogen and oxygen atoms in total. The minimum Gasteiger partial charge on any atom is -0.459 e. The number of benzene rings is 1. The summed E-state index contributed by atoms with van der Waals surface area (Å²) in [6.45, 7) is 1.35. The van der Waals surface area contributed by atoms with Crippen molar-refractivity contribution in [2.24, 2.45) is 0 Å². The lowest BCUT2D eigenvalue weighted by atomic mass is 10.2. The molecule has 0 heterocycles. The van der Waals surface area contributed by atoms with Crippen LogP contribution in [0.2, 0.25) is 0 Å². The number of alkyl halides is 3. The van der Waals surface area contributed by atoms with Gasteiger partial charge in [0, 0.05) is 0 Å². The van der Waals surface area contributed by atoms with Gasteiger partial charge in [-0.15, -0.1) is 0 Å². The SMILES string of the molecule is CCOC(=O)C(=O)Nc1cc(C(F)(F)F)ccc1F. The first-order chi connectivity index (χ1) is 8.75. The van der Waals surface area contributed by atoms with E-state index < -0.39 is 35.1 Å². The number of halogens is 4. The Morgan fingerprint density at radius 2 is 1.95 bits per heavy atom. The average molecular weight is 279 g/mol. The highest BCUT2D eigenvalue weighted by Crippen LogP contribution is 2.31. The van der Waals surface area contributed by atoms with Gasteiger partial charge in [0.15, 0.2) is 0 Å². The smallest absolute Gasteiger partial charge is 0.416 e. The molecular weight excluding hydrogens is 270 g/mol. The van der Waals surface area contributed by atoms with Crippen molar-refractivity contribution in [3.63, 3.8) is 0 Å². The summed E-state index contributed by atoms with van der Waals surface area (Å²) in [5.74, 6) is -3.75. The molecule has 0 bridgehead atoms. The first-order valence-electron chi connectivity index (χ1n) is 5.10. The molecular formula is C11H9F4NO3. The molecule has 0 unspecified atom stereocenters. The minimum absolute atomic E-state index is 0.0860. The van der Waals surface area contributed by atoms with Gasteiger partial charge in [-0.3, -0.25) is 4.79 Å². The van der Waals surface area contributed by atoms with Crippen LogP contribution in [0.5, 0.6) is 0 Å². The fraction of sp³-hybridized carbons (Fsp3) is 0.273. The van der Waals surface area contributed by atoms with Gasteiger partial charge < -0.3 is 10.1 Å². The molecule has 0 aliphatic rings. The van der Waals surface area contributed by atoms with Gasteiger partial charge in [-0.1, -0.05) is 0 Å². The maximum Gasteiger partial charge on any atom is 0.416 e. The van der Waals surface area contributed by atoms with Crippen LogP contribution >= 0.6 is 0 Å². The van der Waals surface area contributed by atoms with E-state index in [9.17, 15) is 27.2 Å². The third-order valence-corrected chi connectivity index (χ3v) is 2.00. The van der Waals surface area contributed by atoms with Crippen LogP contribution in [0.4, 0.5) is 23.2 Å². The molecule has 0 aliphatic carbocycles. The number of ether oxygens (including phenoxy) is 1. The molecule has 0 spiro atoms. The van der Waals surface area contributed by atoms with Crippen LogP contribution in [0.15, 0.2) is 18.2 Å². The number of amides is 1. The zero-order valence-corrected chi connectivity index (χ0v) is 9.68. The lowest BCUT2D eigenvalue weighted by Gasteiger charge is -2.10. The molecule has 1 N–H and O–H groups in total. The number of hydrogen-bond donors (Lipinski definition) is 1. The highest BCUT2D eigenvalue weighted by Gasteiger charge is 2.31. The number of rotatable bonds is 2. The summed E-state index contributed by atoms with van der Waals surface area (Å²) in [7, 11) is 0. The van der Waals surface area contributed by atoms with E-state index in [-0.39, 0.29) is 6.61 Å². The fourth-order valence-corrected chi connectivity index (χ4v) is 1.17. The summed E-state index contributed by atoms with van der Waals surface area (Å²) in [5.41, 5.74) is -1.89. The third-order valence-electron chi connectivity index (χ3n) is 2.00. The molecule has 1 aromatic carbocycles. The molecule has 0 aliphatic heterocycles. The Morgan fingerprint density at radius 1 is 1.32 bits per heavy atom. The molecule has 8 heteroatoms. The van der Waals surface area contributed by atoms with Crippen molar-refractivity contribution in [1.29, 1.82) is 0 Å². The van der Waals surface area contributed by atoms with E-state index in [1.54, 1.807) is 5.32 Å². The highest BCUT2D eigenvalue weighted by molar-refractivity contribution is 6.37. The van der Waals surface area contributed by atoms with E-state index in [1.807, 2.05) is 0 Å². The number of carbonyl (C=O) groups excluding carboxylic acids is 2. The summed E-state index contributed by atoms with van der Waals surface area (Å²) in [5, 5.41) is 1.72. The Labute approximate surface area is 105 Å². The second kappa shape index (κ2) is 5.68. The van der Waals surface area contributed by atoms with Crippen LogP contribution in [-0.2, 0) is 20.5 Å². The number of anilines is 1. The van der Waals surface area contributed by atoms with Crippen molar-refractivity contribution in [2.45, 2.75) is 13.1 Å². The van der Waals surface area contributed by atoms with Crippen molar-refractivity contribution in [3.05, 3.63) is 29.6 Å². The Kier molecular flexibility index (Phi) is 4.47. The van der Waals surface area contributed by atoms with Crippen LogP contribution in [-0.4, -0.2) is 18.5 Å². The molecule has 0 fully saturated rings. The minimum atomic E-state index is -4.68. The van der Waals surface area contributed by atoms with Gasteiger partial charge in [-0.25, -0.2) is 9.18 Å². The molecule has 1 rings (SSSR count). The lowest BCUT2D eigenvalue weighted by molar-refractivity contribution is -0.152. The zero-order valence-electron chi connectivity index (χ0n) is 9.68. The Morgan fingerprint density at radius 3 is 2.47 bits per heavy atom. The number of nitrogens with one attached hydrogen (secondary N) is 1. The first-order valence-corrected chi connectivity index (χ1v) is 5.10. The summed E-state index contributed by atoms with van der Waals surface area (Å²) >= 11 is 0. The van der Waals surface area contributed by atoms with Crippen molar-refractivity contribution >= 4 is 17.6 Å². The Bertz CT molecular complexity index is 499. The largest absolute Gasteiger partial charge is 0.459 e. The third kappa shape index (κ3) is 3.94. The van der Waals surface area contributed by atoms with Gasteiger partial charge in [0.2, 0.25) is 0 Å². The molecule has 104 valence electrons. The second-order valence-electron chi connectivity index (χ2n) is 3.37. The quantitative estimate of drug-likeness (QED) is 0.513. The maximum atomic E-state index is 13.2. The zero-order chi connectivity index (χ0) is 14.6. The normalized spacial score (nSPS) is 11.0.